The summed E-state index contributed by atoms with van der Waals surface area (Å²) in [6.07, 6.45) is 0. The summed E-state index contributed by atoms with van der Waals surface area (Å²) in [5.74, 6) is 0.274. The van der Waals surface area contributed by atoms with E-state index in [1.165, 1.54) is 0 Å². The van der Waals surface area contributed by atoms with Crippen molar-refractivity contribution in [2.75, 3.05) is 11.9 Å². The second-order valence-electron chi connectivity index (χ2n) is 4.31. The van der Waals surface area contributed by atoms with E-state index in [0.29, 0.717) is 29.6 Å². The van der Waals surface area contributed by atoms with Crippen LogP contribution in [0.3, 0.4) is 0 Å². The Morgan fingerprint density at radius 3 is 2.90 bits per heavy atom. The van der Waals surface area contributed by atoms with Crippen molar-refractivity contribution in [2.45, 2.75) is 20.1 Å². The number of rotatable bonds is 6. The second kappa shape index (κ2) is 7.15. The van der Waals surface area contributed by atoms with E-state index < -0.39 is 5.97 Å². The van der Waals surface area contributed by atoms with E-state index in [1.54, 1.807) is 37.3 Å². The van der Waals surface area contributed by atoms with E-state index in [1.807, 2.05) is 0 Å². The fourth-order valence-corrected chi connectivity index (χ4v) is 1.96. The molecular weight excluding hydrogens is 294 g/mol. The average molecular weight is 310 g/mol. The number of benzene rings is 1. The summed E-state index contributed by atoms with van der Waals surface area (Å²) in [5, 5.41) is 12.8. The number of furan rings is 1. The zero-order valence-corrected chi connectivity index (χ0v) is 12.3. The molecule has 0 aliphatic rings. The summed E-state index contributed by atoms with van der Waals surface area (Å²) in [6.45, 7) is 2.35. The molecule has 1 heterocycles. The molecule has 1 aromatic carbocycles. The molecule has 0 atom stereocenters. The molecule has 21 heavy (non-hydrogen) atoms. The molecule has 5 nitrogen and oxygen atoms in total. The number of aliphatic hydroxyl groups excluding tert-OH is 1. The van der Waals surface area contributed by atoms with Gasteiger partial charge in [-0.25, -0.2) is 4.79 Å². The predicted molar refractivity (Wildman–Crippen MR) is 79.4 cm³/mol. The Morgan fingerprint density at radius 2 is 2.19 bits per heavy atom. The van der Waals surface area contributed by atoms with E-state index in [2.05, 4.69) is 5.32 Å². The largest absolute Gasteiger partial charge is 0.460 e. The predicted octanol–water partition coefficient (Wildman–Crippen LogP) is 3.21. The van der Waals surface area contributed by atoms with Gasteiger partial charge in [0.15, 0.2) is 0 Å². The minimum absolute atomic E-state index is 0.0559. The van der Waals surface area contributed by atoms with Crippen molar-refractivity contribution >= 4 is 23.3 Å². The average Bonchev–Trinajstić information content (AvgIpc) is 2.96. The smallest absolute Gasteiger partial charge is 0.374 e. The van der Waals surface area contributed by atoms with Crippen molar-refractivity contribution in [3.8, 4) is 0 Å². The fraction of sp³-hybridized carbons (Fsp3) is 0.267. The monoisotopic (exact) mass is 309 g/mol. The van der Waals surface area contributed by atoms with Crippen LogP contribution in [0.4, 0.5) is 5.69 Å². The number of halogens is 1. The van der Waals surface area contributed by atoms with Crippen molar-refractivity contribution < 1.29 is 19.1 Å². The number of hydrogen-bond acceptors (Lipinski definition) is 5. The van der Waals surface area contributed by atoms with Crippen LogP contribution in [0.1, 0.15) is 28.8 Å². The van der Waals surface area contributed by atoms with Crippen LogP contribution >= 0.6 is 11.6 Å². The summed E-state index contributed by atoms with van der Waals surface area (Å²) in [5.41, 5.74) is 1.45. The van der Waals surface area contributed by atoms with Crippen LogP contribution in [-0.2, 0) is 17.9 Å². The number of carbonyl (C=O) groups excluding carboxylic acids is 1. The molecule has 0 aliphatic carbocycles. The third kappa shape index (κ3) is 4.00. The van der Waals surface area contributed by atoms with Crippen molar-refractivity contribution in [2.24, 2.45) is 0 Å². The number of anilines is 1. The molecule has 0 spiro atoms. The molecule has 112 valence electrons. The van der Waals surface area contributed by atoms with Gasteiger partial charge in [-0.15, -0.1) is 0 Å². The SMILES string of the molecule is CCOC(=O)c1ccc(CNc2cc(CO)ccc2Cl)o1. The molecule has 0 radical (unpaired) electrons. The van der Waals surface area contributed by atoms with E-state index in [4.69, 9.17) is 25.9 Å². The highest BCUT2D eigenvalue weighted by molar-refractivity contribution is 6.33. The van der Waals surface area contributed by atoms with E-state index in [0.717, 1.165) is 5.56 Å². The summed E-state index contributed by atoms with van der Waals surface area (Å²) in [4.78, 5) is 11.5. The minimum Gasteiger partial charge on any atom is -0.460 e. The van der Waals surface area contributed by atoms with Gasteiger partial charge in [-0.2, -0.15) is 0 Å². The molecular formula is C15H16ClNO4. The van der Waals surface area contributed by atoms with Gasteiger partial charge in [-0.1, -0.05) is 17.7 Å². The normalized spacial score (nSPS) is 10.4. The third-order valence-corrected chi connectivity index (χ3v) is 3.13. The van der Waals surface area contributed by atoms with Crippen LogP contribution in [0.2, 0.25) is 5.02 Å². The van der Waals surface area contributed by atoms with Crippen LogP contribution in [0.15, 0.2) is 34.7 Å². The van der Waals surface area contributed by atoms with Gasteiger partial charge in [-0.3, -0.25) is 0 Å². The lowest BCUT2D eigenvalue weighted by Gasteiger charge is -2.08. The van der Waals surface area contributed by atoms with Crippen LogP contribution in [0, 0.1) is 0 Å². The molecule has 1 aromatic heterocycles. The number of aliphatic hydroxyl groups is 1. The first-order valence-corrected chi connectivity index (χ1v) is 6.90. The summed E-state index contributed by atoms with van der Waals surface area (Å²) in [6, 6.07) is 8.49. The molecule has 0 unspecified atom stereocenters. The second-order valence-corrected chi connectivity index (χ2v) is 4.72. The first-order chi connectivity index (χ1) is 10.1. The van der Waals surface area contributed by atoms with Gasteiger partial charge < -0.3 is 19.6 Å². The maximum atomic E-state index is 11.5. The molecule has 2 aromatic rings. The lowest BCUT2D eigenvalue weighted by atomic mass is 10.2. The van der Waals surface area contributed by atoms with Crippen LogP contribution in [-0.4, -0.2) is 17.7 Å². The molecule has 0 amide bonds. The van der Waals surface area contributed by atoms with Gasteiger partial charge in [0.1, 0.15) is 5.76 Å². The van der Waals surface area contributed by atoms with Crippen molar-refractivity contribution in [1.29, 1.82) is 0 Å². The summed E-state index contributed by atoms with van der Waals surface area (Å²) in [7, 11) is 0. The summed E-state index contributed by atoms with van der Waals surface area (Å²) < 4.78 is 10.2. The number of ether oxygens (including phenoxy) is 1. The minimum atomic E-state index is -0.482. The van der Waals surface area contributed by atoms with Crippen LogP contribution < -0.4 is 5.32 Å². The molecule has 6 heteroatoms. The zero-order valence-electron chi connectivity index (χ0n) is 11.6. The van der Waals surface area contributed by atoms with Crippen molar-refractivity contribution in [1.82, 2.24) is 0 Å². The van der Waals surface area contributed by atoms with Crippen LogP contribution in [0.5, 0.6) is 0 Å². The lowest BCUT2D eigenvalue weighted by molar-refractivity contribution is 0.0488. The number of hydrogen-bond donors (Lipinski definition) is 2. The molecule has 0 saturated heterocycles. The Bertz CT molecular complexity index is 624. The highest BCUT2D eigenvalue weighted by atomic mass is 35.5. The first-order valence-electron chi connectivity index (χ1n) is 6.53. The molecule has 2 N–H and O–H groups in total. The Hall–Kier alpha value is -1.98. The van der Waals surface area contributed by atoms with E-state index in [-0.39, 0.29) is 12.4 Å². The van der Waals surface area contributed by atoms with Crippen LogP contribution in [0.25, 0.3) is 0 Å². The molecule has 2 rings (SSSR count). The molecule has 0 aliphatic heterocycles. The number of carbonyl (C=O) groups is 1. The van der Waals surface area contributed by atoms with E-state index >= 15 is 0 Å². The number of esters is 1. The van der Waals surface area contributed by atoms with Crippen molar-refractivity contribution in [3.63, 3.8) is 0 Å². The van der Waals surface area contributed by atoms with Gasteiger partial charge in [0.2, 0.25) is 5.76 Å². The molecule has 0 bridgehead atoms. The highest BCUT2D eigenvalue weighted by Crippen LogP contribution is 2.24. The first kappa shape index (κ1) is 15.4. The maximum absolute atomic E-state index is 11.5. The van der Waals surface area contributed by atoms with Gasteiger partial charge >= 0.3 is 5.97 Å². The molecule has 0 fully saturated rings. The topological polar surface area (TPSA) is 71.7 Å². The quantitative estimate of drug-likeness (QED) is 0.802. The standard InChI is InChI=1S/C15H16ClNO4/c1-2-20-15(19)14-6-4-11(21-14)8-17-13-7-10(9-18)3-5-12(13)16/h3-7,17-18H,2,8-9H2,1H3. The third-order valence-electron chi connectivity index (χ3n) is 2.80. The summed E-state index contributed by atoms with van der Waals surface area (Å²) >= 11 is 6.07. The van der Waals surface area contributed by atoms with Gasteiger partial charge in [0.25, 0.3) is 0 Å². The Kier molecular flexibility index (Phi) is 5.25. The van der Waals surface area contributed by atoms with E-state index in [9.17, 15) is 4.79 Å². The van der Waals surface area contributed by atoms with Gasteiger partial charge in [0.05, 0.1) is 30.5 Å². The Labute approximate surface area is 127 Å². The molecule has 0 saturated carbocycles. The maximum Gasteiger partial charge on any atom is 0.374 e. The number of nitrogens with one attached hydrogen (secondary N) is 1. The zero-order chi connectivity index (χ0) is 15.2. The van der Waals surface area contributed by atoms with Gasteiger partial charge in [-0.05, 0) is 36.8 Å². The highest BCUT2D eigenvalue weighted by Gasteiger charge is 2.12. The van der Waals surface area contributed by atoms with Crippen molar-refractivity contribution in [3.05, 3.63) is 52.4 Å². The Balaban J connectivity index is 2.02. The van der Waals surface area contributed by atoms with Gasteiger partial charge in [0, 0.05) is 0 Å². The fourth-order valence-electron chi connectivity index (χ4n) is 1.77. The lowest BCUT2D eigenvalue weighted by Crippen LogP contribution is -2.03. The Morgan fingerprint density at radius 1 is 1.38 bits per heavy atom.